The number of para-hydroxylation sites is 3. The van der Waals surface area contributed by atoms with Crippen molar-refractivity contribution < 1.29 is 13.9 Å². The molecule has 7 aromatic rings. The van der Waals surface area contributed by atoms with Gasteiger partial charge in [0, 0.05) is 45.0 Å². The van der Waals surface area contributed by atoms with Crippen LogP contribution in [0.4, 0.5) is 0 Å². The van der Waals surface area contributed by atoms with Gasteiger partial charge in [-0.3, -0.25) is 0 Å². The average molecular weight is 617 g/mol. The maximum Gasteiger partial charge on any atom is 0.143 e. The number of hydrogen-bond acceptors (Lipinski definition) is 4. The summed E-state index contributed by atoms with van der Waals surface area (Å²) in [4.78, 5) is 0. The van der Waals surface area contributed by atoms with Gasteiger partial charge < -0.3 is 13.9 Å². The maximum absolute atomic E-state index is 6.80. The minimum Gasteiger partial charge on any atom is -0.456 e. The van der Waals surface area contributed by atoms with Gasteiger partial charge in [0.1, 0.15) is 34.2 Å². The third-order valence-corrected chi connectivity index (χ3v) is 14.4. The predicted molar refractivity (Wildman–Crippen MR) is 187 cm³/mol. The molecular weight excluding hydrogens is 591 g/mol. The van der Waals surface area contributed by atoms with E-state index in [1.807, 2.05) is 24.3 Å². The topological polar surface area (TPSA) is 31.6 Å². The van der Waals surface area contributed by atoms with Crippen molar-refractivity contribution in [3.63, 3.8) is 0 Å². The van der Waals surface area contributed by atoms with E-state index >= 15 is 0 Å². The van der Waals surface area contributed by atoms with Crippen molar-refractivity contribution in [3.05, 3.63) is 143 Å². The molecule has 0 fully saturated rings. The van der Waals surface area contributed by atoms with E-state index in [2.05, 4.69) is 104 Å². The highest BCUT2D eigenvalue weighted by Gasteiger charge is 2.46. The van der Waals surface area contributed by atoms with Crippen LogP contribution in [0.15, 0.2) is 131 Å². The van der Waals surface area contributed by atoms with Crippen molar-refractivity contribution in [1.29, 1.82) is 0 Å². The number of allylic oxidation sites excluding steroid dienone is 1. The Kier molecular flexibility index (Phi) is 5.13. The van der Waals surface area contributed by atoms with Crippen molar-refractivity contribution in [1.82, 2.24) is 0 Å². The first-order valence-corrected chi connectivity index (χ1v) is 18.0. The zero-order valence-electron chi connectivity index (χ0n) is 24.3. The van der Waals surface area contributed by atoms with Gasteiger partial charge in [0.15, 0.2) is 0 Å². The van der Waals surface area contributed by atoms with E-state index in [1.54, 1.807) is 0 Å². The third kappa shape index (κ3) is 3.50. The Hall–Kier alpha value is -4.89. The number of hydrogen-bond donors (Lipinski definition) is 0. The molecule has 0 radical (unpaired) electrons. The monoisotopic (exact) mass is 616 g/mol. The van der Waals surface area contributed by atoms with Crippen LogP contribution in [0.3, 0.4) is 0 Å². The van der Waals surface area contributed by atoms with Gasteiger partial charge in [-0.2, -0.15) is 0 Å². The Labute approximate surface area is 265 Å². The van der Waals surface area contributed by atoms with Crippen LogP contribution < -0.4 is 20.1 Å². The summed E-state index contributed by atoms with van der Waals surface area (Å²) in [6.07, 6.45) is 0.789. The molecule has 0 N–H and O–H groups in total. The summed E-state index contributed by atoms with van der Waals surface area (Å²) in [5.41, 5.74) is 9.81. The Balaban J connectivity index is 1.11. The number of furan rings is 1. The molecule has 0 amide bonds. The number of aryl methyl sites for hydroxylation is 1. The van der Waals surface area contributed by atoms with Crippen molar-refractivity contribution in [2.24, 2.45) is 0 Å². The van der Waals surface area contributed by atoms with E-state index in [9.17, 15) is 0 Å². The molecule has 3 nitrogen and oxygen atoms in total. The van der Waals surface area contributed by atoms with Gasteiger partial charge in [-0.15, -0.1) is 0 Å². The highest BCUT2D eigenvalue weighted by molar-refractivity contribution is 8.24. The van der Waals surface area contributed by atoms with E-state index in [0.29, 0.717) is 0 Å². The SMILES string of the molecule is Cc1cc2c3c(c1)Oc1ccccc1P3(=S)C1=C(O2)c2cc(-c3cccc(-c4cccc5c4oc4ccccc45)c3)ccc2C1. The predicted octanol–water partition coefficient (Wildman–Crippen LogP) is 10.1. The van der Waals surface area contributed by atoms with E-state index in [0.717, 1.165) is 95.4 Å². The van der Waals surface area contributed by atoms with Gasteiger partial charge in [0.25, 0.3) is 0 Å². The number of ether oxygens (including phenoxy) is 2. The normalized spacial score (nSPS) is 17.4. The fourth-order valence-electron chi connectivity index (χ4n) is 7.36. The van der Waals surface area contributed by atoms with Crippen LogP contribution in [0, 0.1) is 6.92 Å². The molecule has 5 heteroatoms. The van der Waals surface area contributed by atoms with E-state index in [4.69, 9.17) is 25.7 Å². The third-order valence-electron chi connectivity index (χ3n) is 9.40. The molecule has 1 unspecified atom stereocenters. The quantitative estimate of drug-likeness (QED) is 0.181. The average Bonchev–Trinajstić information content (AvgIpc) is 3.63. The van der Waals surface area contributed by atoms with Crippen LogP contribution in [0.2, 0.25) is 0 Å². The van der Waals surface area contributed by atoms with Crippen molar-refractivity contribution in [3.8, 4) is 39.5 Å². The molecule has 45 heavy (non-hydrogen) atoms. The molecule has 3 aliphatic rings. The lowest BCUT2D eigenvalue weighted by Gasteiger charge is -2.37. The molecular formula is C40H25O3PS. The number of benzene rings is 6. The zero-order chi connectivity index (χ0) is 29.9. The minimum absolute atomic E-state index is 0.789. The second-order valence-electron chi connectivity index (χ2n) is 12.1. The Morgan fingerprint density at radius 1 is 0.622 bits per heavy atom. The Morgan fingerprint density at radius 2 is 1.38 bits per heavy atom. The first kappa shape index (κ1) is 25.4. The van der Waals surface area contributed by atoms with Gasteiger partial charge in [-0.25, -0.2) is 0 Å². The summed E-state index contributed by atoms with van der Waals surface area (Å²) in [7, 11) is 0. The first-order valence-electron chi connectivity index (χ1n) is 15.1. The van der Waals surface area contributed by atoms with Crippen LogP contribution in [-0.4, -0.2) is 0 Å². The fraction of sp³-hybridized carbons (Fsp3) is 0.0500. The zero-order valence-corrected chi connectivity index (χ0v) is 26.0. The minimum atomic E-state index is -2.35. The second kappa shape index (κ2) is 9.08. The van der Waals surface area contributed by atoms with Crippen molar-refractivity contribution in [2.45, 2.75) is 13.3 Å². The van der Waals surface area contributed by atoms with Gasteiger partial charge in [0.05, 0.1) is 5.30 Å². The van der Waals surface area contributed by atoms with Gasteiger partial charge in [0.2, 0.25) is 0 Å². The fourth-order valence-corrected chi connectivity index (χ4v) is 12.0. The van der Waals surface area contributed by atoms with Crippen LogP contribution in [-0.2, 0) is 18.2 Å². The lowest BCUT2D eigenvalue weighted by molar-refractivity contribution is 0.475. The van der Waals surface area contributed by atoms with Crippen molar-refractivity contribution in [2.75, 3.05) is 0 Å². The van der Waals surface area contributed by atoms with E-state index in [-0.39, 0.29) is 0 Å². The molecule has 1 aliphatic carbocycles. The van der Waals surface area contributed by atoms with Gasteiger partial charge >= 0.3 is 0 Å². The molecule has 214 valence electrons. The van der Waals surface area contributed by atoms with E-state index < -0.39 is 6.04 Å². The standard InChI is InChI=1S/C40H25O3PS/c1-23-18-34-40-35(19-23)43-39-31-21-25(16-17-27(31)22-37(39)44(40,45)36-15-5-4-14-33(36)41-34)24-8-6-9-26(20-24)28-11-7-12-30-29-10-2-3-13-32(29)42-38(28)30/h2-21H,22H2,1H3. The van der Waals surface area contributed by atoms with Crippen LogP contribution >= 0.6 is 6.04 Å². The highest BCUT2D eigenvalue weighted by Crippen LogP contribution is 2.67. The van der Waals surface area contributed by atoms with E-state index in [1.165, 1.54) is 10.9 Å². The molecule has 3 heterocycles. The summed E-state index contributed by atoms with van der Waals surface area (Å²) in [5.74, 6) is 3.47. The second-order valence-corrected chi connectivity index (χ2v) is 16.4. The molecule has 1 aromatic heterocycles. The summed E-state index contributed by atoms with van der Waals surface area (Å²) >= 11 is 6.78. The smallest absolute Gasteiger partial charge is 0.143 e. The highest BCUT2D eigenvalue weighted by atomic mass is 32.4. The molecule has 0 bridgehead atoms. The molecule has 6 aromatic carbocycles. The lowest BCUT2D eigenvalue weighted by Crippen LogP contribution is -2.29. The molecule has 2 aliphatic heterocycles. The number of fused-ring (bicyclic) bond motifs is 8. The summed E-state index contributed by atoms with van der Waals surface area (Å²) in [5, 5.41) is 5.67. The molecule has 10 rings (SSSR count). The number of rotatable bonds is 2. The molecule has 0 saturated carbocycles. The molecule has 0 spiro atoms. The molecule has 0 saturated heterocycles. The Morgan fingerprint density at radius 3 is 2.31 bits per heavy atom. The summed E-state index contributed by atoms with van der Waals surface area (Å²) in [6.45, 7) is 2.08. The Bertz CT molecular complexity index is 2520. The van der Waals surface area contributed by atoms with Crippen LogP contribution in [0.1, 0.15) is 16.7 Å². The van der Waals surface area contributed by atoms with Crippen molar-refractivity contribution >= 4 is 56.2 Å². The molecule has 1 atom stereocenters. The van der Waals surface area contributed by atoms with Gasteiger partial charge in [-0.1, -0.05) is 90.7 Å². The van der Waals surface area contributed by atoms with Crippen LogP contribution in [0.5, 0.6) is 17.2 Å². The largest absolute Gasteiger partial charge is 0.456 e. The van der Waals surface area contributed by atoms with Crippen LogP contribution in [0.25, 0.3) is 50.0 Å². The first-order chi connectivity index (χ1) is 22.1. The summed E-state index contributed by atoms with van der Waals surface area (Å²) < 4.78 is 19.6. The van der Waals surface area contributed by atoms with Gasteiger partial charge in [-0.05, 0) is 77.2 Å². The maximum atomic E-state index is 6.80. The lowest BCUT2D eigenvalue weighted by atomic mass is 9.96. The summed E-state index contributed by atoms with van der Waals surface area (Å²) in [6, 6.07) is 40.3.